The second-order valence-electron chi connectivity index (χ2n) is 4.23. The van der Waals surface area contributed by atoms with Gasteiger partial charge in [0.05, 0.1) is 5.56 Å². The predicted molar refractivity (Wildman–Crippen MR) is 82.8 cm³/mol. The van der Waals surface area contributed by atoms with Gasteiger partial charge in [0.15, 0.2) is 0 Å². The van der Waals surface area contributed by atoms with Crippen LogP contribution in [0.3, 0.4) is 0 Å². The van der Waals surface area contributed by atoms with E-state index in [1.807, 2.05) is 24.3 Å². The second kappa shape index (κ2) is 6.35. The highest BCUT2D eigenvalue weighted by Gasteiger charge is 2.09. The Balaban J connectivity index is 1.68. The number of anilines is 1. The lowest BCUT2D eigenvalue weighted by molar-refractivity contribution is 0.102. The number of carbonyl (C=O) groups excluding carboxylic acids is 1. The van der Waals surface area contributed by atoms with Gasteiger partial charge in [-0.15, -0.1) is 0 Å². The Morgan fingerprint density at radius 3 is 2.82 bits per heavy atom. The summed E-state index contributed by atoms with van der Waals surface area (Å²) < 4.78 is 6.51. The summed E-state index contributed by atoms with van der Waals surface area (Å²) in [7, 11) is 0. The minimum atomic E-state index is -0.335. The van der Waals surface area contributed by atoms with Crippen LogP contribution in [0, 0.1) is 0 Å². The molecule has 7 nitrogen and oxygen atoms in total. The molecule has 0 saturated heterocycles. The lowest BCUT2D eigenvalue weighted by Gasteiger charge is -2.06. The third-order valence-electron chi connectivity index (χ3n) is 2.66. The molecule has 3 aromatic rings. The molecular weight excluding hydrogens is 350 g/mol. The van der Waals surface area contributed by atoms with Gasteiger partial charge < -0.3 is 4.74 Å². The van der Waals surface area contributed by atoms with E-state index in [0.29, 0.717) is 17.2 Å². The van der Waals surface area contributed by atoms with E-state index in [2.05, 4.69) is 41.4 Å². The van der Waals surface area contributed by atoms with Crippen LogP contribution in [0.4, 0.5) is 5.95 Å². The minimum absolute atomic E-state index is 0.277. The number of H-pyrrole nitrogens is 1. The number of halogens is 1. The Bertz CT molecular complexity index is 774. The first-order chi connectivity index (χ1) is 10.7. The van der Waals surface area contributed by atoms with Crippen molar-refractivity contribution in [3.05, 3.63) is 59.0 Å². The number of pyridine rings is 1. The zero-order chi connectivity index (χ0) is 15.4. The number of benzene rings is 1. The van der Waals surface area contributed by atoms with Crippen LogP contribution < -0.4 is 10.1 Å². The highest BCUT2D eigenvalue weighted by Crippen LogP contribution is 2.23. The Morgan fingerprint density at radius 2 is 2.14 bits per heavy atom. The number of carbonyl (C=O) groups is 1. The van der Waals surface area contributed by atoms with Crippen molar-refractivity contribution in [2.75, 3.05) is 5.32 Å². The number of ether oxygens (including phenoxy) is 1. The molecule has 0 spiro atoms. The summed E-state index contributed by atoms with van der Waals surface area (Å²) >= 11 is 3.37. The molecule has 0 fully saturated rings. The van der Waals surface area contributed by atoms with Crippen LogP contribution in [0.1, 0.15) is 10.4 Å². The Hall–Kier alpha value is -2.74. The number of nitrogens with zero attached hydrogens (tertiary/aromatic N) is 3. The van der Waals surface area contributed by atoms with Crippen molar-refractivity contribution in [2.24, 2.45) is 0 Å². The molecule has 1 aromatic carbocycles. The van der Waals surface area contributed by atoms with Crippen molar-refractivity contribution in [2.45, 2.75) is 0 Å². The lowest BCUT2D eigenvalue weighted by Crippen LogP contribution is -2.13. The van der Waals surface area contributed by atoms with Gasteiger partial charge >= 0.3 is 0 Å². The number of aromatic nitrogens is 4. The highest BCUT2D eigenvalue weighted by molar-refractivity contribution is 9.10. The van der Waals surface area contributed by atoms with Crippen LogP contribution in [0.15, 0.2) is 53.4 Å². The SMILES string of the molecule is O=C(Nc1ncn[nH]1)c1ccc(Oc2cccc(Br)c2)nc1. The van der Waals surface area contributed by atoms with Crippen molar-refractivity contribution in [3.63, 3.8) is 0 Å². The Kier molecular flexibility index (Phi) is 4.10. The minimum Gasteiger partial charge on any atom is -0.439 e. The summed E-state index contributed by atoms with van der Waals surface area (Å²) in [5, 5.41) is 8.75. The van der Waals surface area contributed by atoms with Crippen LogP contribution in [0.2, 0.25) is 0 Å². The number of aromatic amines is 1. The van der Waals surface area contributed by atoms with Crippen molar-refractivity contribution < 1.29 is 9.53 Å². The number of nitrogens with one attached hydrogen (secondary N) is 2. The van der Waals surface area contributed by atoms with E-state index in [1.165, 1.54) is 12.5 Å². The standard InChI is InChI=1S/C14H10BrN5O2/c15-10-2-1-3-11(6-10)22-12-5-4-9(7-16-12)13(21)19-14-17-8-18-20-14/h1-8H,(H2,17,18,19,20,21). The van der Waals surface area contributed by atoms with E-state index in [0.717, 1.165) is 4.47 Å². The Morgan fingerprint density at radius 1 is 1.23 bits per heavy atom. The van der Waals surface area contributed by atoms with E-state index >= 15 is 0 Å². The summed E-state index contributed by atoms with van der Waals surface area (Å²) in [6.45, 7) is 0. The van der Waals surface area contributed by atoms with Gasteiger partial charge in [0, 0.05) is 16.7 Å². The number of rotatable bonds is 4. The molecule has 0 atom stereocenters. The fourth-order valence-corrected chi connectivity index (χ4v) is 2.05. The molecular formula is C14H10BrN5O2. The maximum Gasteiger partial charge on any atom is 0.259 e. The molecule has 1 amide bonds. The highest BCUT2D eigenvalue weighted by atomic mass is 79.9. The van der Waals surface area contributed by atoms with E-state index in [9.17, 15) is 4.79 Å². The summed E-state index contributed by atoms with van der Waals surface area (Å²) in [4.78, 5) is 19.9. The van der Waals surface area contributed by atoms with Crippen molar-refractivity contribution >= 4 is 27.8 Å². The molecule has 2 heterocycles. The van der Waals surface area contributed by atoms with Gasteiger partial charge in [-0.05, 0) is 24.3 Å². The van der Waals surface area contributed by atoms with Gasteiger partial charge in [0.25, 0.3) is 5.91 Å². The van der Waals surface area contributed by atoms with E-state index in [-0.39, 0.29) is 11.9 Å². The summed E-state index contributed by atoms with van der Waals surface area (Å²) in [6, 6.07) is 10.6. The molecule has 2 N–H and O–H groups in total. The van der Waals surface area contributed by atoms with Gasteiger partial charge in [-0.25, -0.2) is 10.1 Å². The molecule has 0 saturated carbocycles. The van der Waals surface area contributed by atoms with Crippen molar-refractivity contribution in [3.8, 4) is 11.6 Å². The van der Waals surface area contributed by atoms with Gasteiger partial charge in [-0.2, -0.15) is 10.1 Å². The fraction of sp³-hybridized carbons (Fsp3) is 0. The molecule has 22 heavy (non-hydrogen) atoms. The van der Waals surface area contributed by atoms with Crippen LogP contribution in [0.5, 0.6) is 11.6 Å². The summed E-state index contributed by atoms with van der Waals surface area (Å²) in [6.07, 6.45) is 2.74. The van der Waals surface area contributed by atoms with E-state index < -0.39 is 0 Å². The molecule has 0 unspecified atom stereocenters. The molecule has 0 bridgehead atoms. The molecule has 0 aliphatic heterocycles. The molecule has 3 rings (SSSR count). The predicted octanol–water partition coefficient (Wildman–Crippen LogP) is 3.01. The summed E-state index contributed by atoms with van der Waals surface area (Å²) in [5.74, 6) is 0.993. The largest absolute Gasteiger partial charge is 0.439 e. The monoisotopic (exact) mass is 359 g/mol. The third kappa shape index (κ3) is 3.47. The molecule has 0 radical (unpaired) electrons. The zero-order valence-corrected chi connectivity index (χ0v) is 12.7. The molecule has 110 valence electrons. The molecule has 2 aromatic heterocycles. The number of amides is 1. The normalized spacial score (nSPS) is 10.2. The first-order valence-electron chi connectivity index (χ1n) is 6.27. The van der Waals surface area contributed by atoms with Gasteiger partial charge in [-0.3, -0.25) is 10.1 Å². The van der Waals surface area contributed by atoms with Crippen LogP contribution in [0.25, 0.3) is 0 Å². The fourth-order valence-electron chi connectivity index (χ4n) is 1.67. The molecule has 0 aliphatic carbocycles. The van der Waals surface area contributed by atoms with Crippen LogP contribution in [-0.2, 0) is 0 Å². The van der Waals surface area contributed by atoms with E-state index in [4.69, 9.17) is 4.74 Å². The van der Waals surface area contributed by atoms with Crippen molar-refractivity contribution in [1.82, 2.24) is 20.2 Å². The first kappa shape index (κ1) is 14.2. The topological polar surface area (TPSA) is 92.8 Å². The van der Waals surface area contributed by atoms with Gasteiger partial charge in [0.1, 0.15) is 12.1 Å². The quantitative estimate of drug-likeness (QED) is 0.746. The van der Waals surface area contributed by atoms with Crippen molar-refractivity contribution in [1.29, 1.82) is 0 Å². The Labute approximate surface area is 133 Å². The van der Waals surface area contributed by atoms with Crippen LogP contribution in [-0.4, -0.2) is 26.1 Å². The van der Waals surface area contributed by atoms with E-state index in [1.54, 1.807) is 12.1 Å². The summed E-state index contributed by atoms with van der Waals surface area (Å²) in [5.41, 5.74) is 0.387. The second-order valence-corrected chi connectivity index (χ2v) is 5.15. The number of hydrogen-bond acceptors (Lipinski definition) is 5. The maximum atomic E-state index is 11.9. The lowest BCUT2D eigenvalue weighted by atomic mass is 10.2. The molecule has 0 aliphatic rings. The van der Waals surface area contributed by atoms with Gasteiger partial charge in [0.2, 0.25) is 11.8 Å². The molecule has 8 heteroatoms. The average Bonchev–Trinajstić information content (AvgIpc) is 3.01. The van der Waals surface area contributed by atoms with Crippen LogP contribution >= 0.6 is 15.9 Å². The third-order valence-corrected chi connectivity index (χ3v) is 3.16. The van der Waals surface area contributed by atoms with Gasteiger partial charge in [-0.1, -0.05) is 22.0 Å². The smallest absolute Gasteiger partial charge is 0.259 e. The zero-order valence-electron chi connectivity index (χ0n) is 11.2. The number of hydrogen-bond donors (Lipinski definition) is 2. The first-order valence-corrected chi connectivity index (χ1v) is 7.06. The average molecular weight is 360 g/mol. The maximum absolute atomic E-state index is 11.9.